The first-order valence-corrected chi connectivity index (χ1v) is 10.0. The topological polar surface area (TPSA) is 83.6 Å². The van der Waals surface area contributed by atoms with Crippen LogP contribution in [0.3, 0.4) is 0 Å². The molecule has 0 saturated carbocycles. The molecule has 1 amide bonds. The summed E-state index contributed by atoms with van der Waals surface area (Å²) in [7, 11) is 0. The number of aryl methyl sites for hydroxylation is 1. The molecule has 0 radical (unpaired) electrons. The molecule has 1 atom stereocenters. The van der Waals surface area contributed by atoms with Crippen LogP contribution in [0.4, 0.5) is 26.3 Å². The Morgan fingerprint density at radius 1 is 1.09 bits per heavy atom. The summed E-state index contributed by atoms with van der Waals surface area (Å²) in [5.41, 5.74) is -1.89. The zero-order valence-corrected chi connectivity index (χ0v) is 17.2. The summed E-state index contributed by atoms with van der Waals surface area (Å²) < 4.78 is 80.0. The number of pyridine rings is 1. The maximum Gasteiger partial charge on any atom is 0.433 e. The number of nitrogens with one attached hydrogen (secondary N) is 1. The third-order valence-corrected chi connectivity index (χ3v) is 5.33. The number of benzene rings is 1. The summed E-state index contributed by atoms with van der Waals surface area (Å²) in [6, 6.07) is 7.14. The third kappa shape index (κ3) is 4.73. The van der Waals surface area contributed by atoms with Crippen molar-refractivity contribution in [3.63, 3.8) is 0 Å². The van der Waals surface area contributed by atoms with Crippen molar-refractivity contribution in [2.45, 2.75) is 37.8 Å². The molecular formula is C22H15F6N5O. The molecule has 1 aliphatic heterocycles. The van der Waals surface area contributed by atoms with Crippen LogP contribution in [0.2, 0.25) is 0 Å². The van der Waals surface area contributed by atoms with Gasteiger partial charge in [0.05, 0.1) is 34.6 Å². The molecule has 2 aromatic heterocycles. The number of fused-ring (bicyclic) bond motifs is 1. The Balaban J connectivity index is 1.62. The van der Waals surface area contributed by atoms with Gasteiger partial charge in [0.25, 0.3) is 5.91 Å². The van der Waals surface area contributed by atoms with Crippen LogP contribution in [0, 0.1) is 11.3 Å². The van der Waals surface area contributed by atoms with Crippen LogP contribution in [0.15, 0.2) is 42.6 Å². The molecule has 0 saturated heterocycles. The normalized spacial score (nSPS) is 16.0. The van der Waals surface area contributed by atoms with Gasteiger partial charge in [-0.05, 0) is 49.2 Å². The summed E-state index contributed by atoms with van der Waals surface area (Å²) >= 11 is 0. The van der Waals surface area contributed by atoms with Gasteiger partial charge in [0.15, 0.2) is 0 Å². The predicted octanol–water partition coefficient (Wildman–Crippen LogP) is 5.12. The molecule has 3 heterocycles. The Morgan fingerprint density at radius 3 is 2.53 bits per heavy atom. The Kier molecular flexibility index (Phi) is 5.80. The number of hydrogen-bond acceptors (Lipinski definition) is 4. The molecule has 0 unspecified atom stereocenters. The van der Waals surface area contributed by atoms with Gasteiger partial charge in [0.2, 0.25) is 0 Å². The second-order valence-corrected chi connectivity index (χ2v) is 7.68. The Morgan fingerprint density at radius 2 is 1.85 bits per heavy atom. The number of alkyl halides is 6. The highest BCUT2D eigenvalue weighted by Gasteiger charge is 2.34. The number of nitrogens with zero attached hydrogens (tertiary/aromatic N) is 4. The Labute approximate surface area is 188 Å². The number of nitriles is 1. The molecule has 0 fully saturated rings. The van der Waals surface area contributed by atoms with Gasteiger partial charge in [0.1, 0.15) is 5.69 Å². The van der Waals surface area contributed by atoms with Crippen molar-refractivity contribution in [3.05, 3.63) is 70.7 Å². The largest absolute Gasteiger partial charge is 0.433 e. The van der Waals surface area contributed by atoms with Crippen LogP contribution in [0.25, 0.3) is 11.3 Å². The number of aromatic nitrogens is 3. The van der Waals surface area contributed by atoms with E-state index in [-0.39, 0.29) is 22.4 Å². The maximum atomic E-state index is 13.1. The molecule has 3 aromatic rings. The summed E-state index contributed by atoms with van der Waals surface area (Å²) in [5, 5.41) is 16.0. The van der Waals surface area contributed by atoms with E-state index in [0.717, 1.165) is 18.3 Å². The van der Waals surface area contributed by atoms with Gasteiger partial charge in [-0.3, -0.25) is 14.5 Å². The molecule has 34 heavy (non-hydrogen) atoms. The van der Waals surface area contributed by atoms with E-state index < -0.39 is 35.6 Å². The predicted molar refractivity (Wildman–Crippen MR) is 106 cm³/mol. The van der Waals surface area contributed by atoms with Crippen molar-refractivity contribution in [3.8, 4) is 17.3 Å². The van der Waals surface area contributed by atoms with E-state index in [2.05, 4.69) is 15.4 Å². The molecule has 6 nitrogen and oxygen atoms in total. The molecule has 176 valence electrons. The molecule has 1 aromatic carbocycles. The fourth-order valence-electron chi connectivity index (χ4n) is 3.74. The monoisotopic (exact) mass is 479 g/mol. The molecule has 0 bridgehead atoms. The van der Waals surface area contributed by atoms with Crippen LogP contribution in [0.5, 0.6) is 0 Å². The highest BCUT2D eigenvalue weighted by Crippen LogP contribution is 2.34. The van der Waals surface area contributed by atoms with Crippen LogP contribution >= 0.6 is 0 Å². The quantitative estimate of drug-likeness (QED) is 0.529. The molecular weight excluding hydrogens is 464 g/mol. The Bertz CT molecular complexity index is 1290. The summed E-state index contributed by atoms with van der Waals surface area (Å²) in [4.78, 5) is 16.1. The SMILES string of the molecule is N#Cc1cc(C(=O)N[C@H]2CCCn3nc(-c4ccnc(C(F)(F)F)c4)cc32)cc(C(F)(F)F)c1. The van der Waals surface area contributed by atoms with Gasteiger partial charge in [-0.1, -0.05) is 0 Å². The van der Waals surface area contributed by atoms with Crippen molar-refractivity contribution >= 4 is 5.91 Å². The average Bonchev–Trinajstić information content (AvgIpc) is 3.23. The molecule has 1 aliphatic rings. The average molecular weight is 479 g/mol. The number of rotatable bonds is 3. The van der Waals surface area contributed by atoms with Crippen LogP contribution < -0.4 is 5.32 Å². The highest BCUT2D eigenvalue weighted by atomic mass is 19.4. The molecule has 0 aliphatic carbocycles. The fourth-order valence-corrected chi connectivity index (χ4v) is 3.74. The second kappa shape index (κ2) is 8.48. The van der Waals surface area contributed by atoms with Crippen molar-refractivity contribution < 1.29 is 31.1 Å². The van der Waals surface area contributed by atoms with Gasteiger partial charge < -0.3 is 5.32 Å². The van der Waals surface area contributed by atoms with Crippen molar-refractivity contribution in [2.75, 3.05) is 0 Å². The lowest BCUT2D eigenvalue weighted by molar-refractivity contribution is -0.141. The van der Waals surface area contributed by atoms with Gasteiger partial charge >= 0.3 is 12.4 Å². The highest BCUT2D eigenvalue weighted by molar-refractivity contribution is 5.95. The van der Waals surface area contributed by atoms with E-state index in [0.29, 0.717) is 37.2 Å². The third-order valence-electron chi connectivity index (χ3n) is 5.33. The summed E-state index contributed by atoms with van der Waals surface area (Å²) in [6.07, 6.45) is -7.31. The number of carbonyl (C=O) groups excluding carboxylic acids is 1. The summed E-state index contributed by atoms with van der Waals surface area (Å²) in [6.45, 7) is 0.459. The van der Waals surface area contributed by atoms with Gasteiger partial charge in [-0.25, -0.2) is 0 Å². The number of amides is 1. The minimum Gasteiger partial charge on any atom is -0.344 e. The van der Waals surface area contributed by atoms with E-state index in [1.54, 1.807) is 10.8 Å². The van der Waals surface area contributed by atoms with E-state index in [9.17, 15) is 31.1 Å². The second-order valence-electron chi connectivity index (χ2n) is 7.68. The van der Waals surface area contributed by atoms with Gasteiger partial charge in [-0.2, -0.15) is 36.7 Å². The lowest BCUT2D eigenvalue weighted by atomic mass is 10.0. The van der Waals surface area contributed by atoms with E-state index in [1.807, 2.05) is 0 Å². The first-order valence-electron chi connectivity index (χ1n) is 10.0. The van der Waals surface area contributed by atoms with Crippen LogP contribution in [0.1, 0.15) is 51.8 Å². The first-order chi connectivity index (χ1) is 16.0. The van der Waals surface area contributed by atoms with Gasteiger partial charge in [-0.15, -0.1) is 0 Å². The van der Waals surface area contributed by atoms with Crippen molar-refractivity contribution in [1.82, 2.24) is 20.1 Å². The first kappa shape index (κ1) is 23.3. The van der Waals surface area contributed by atoms with E-state index >= 15 is 0 Å². The molecule has 1 N–H and O–H groups in total. The van der Waals surface area contributed by atoms with Crippen molar-refractivity contribution in [1.29, 1.82) is 5.26 Å². The molecule has 4 rings (SSSR count). The zero-order valence-electron chi connectivity index (χ0n) is 17.2. The van der Waals surface area contributed by atoms with Crippen LogP contribution in [-0.4, -0.2) is 20.7 Å². The lowest BCUT2D eigenvalue weighted by Crippen LogP contribution is -2.33. The zero-order chi connectivity index (χ0) is 24.7. The van der Waals surface area contributed by atoms with E-state index in [4.69, 9.17) is 5.26 Å². The minimum absolute atomic E-state index is 0.186. The molecule has 12 heteroatoms. The van der Waals surface area contributed by atoms with Crippen molar-refractivity contribution in [2.24, 2.45) is 0 Å². The smallest absolute Gasteiger partial charge is 0.344 e. The van der Waals surface area contributed by atoms with Gasteiger partial charge in [0, 0.05) is 23.9 Å². The standard InChI is InChI=1S/C22H15F6N5O/c23-21(24,25)15-7-12(11-29)6-14(8-15)20(34)31-16-2-1-5-33-18(16)10-17(32-33)13-3-4-30-19(9-13)22(26,27)28/h3-4,6-10,16H,1-2,5H2,(H,31,34)/t16-/m0/s1. The number of carbonyl (C=O) groups is 1. The van der Waals surface area contributed by atoms with Crippen LogP contribution in [-0.2, 0) is 18.9 Å². The lowest BCUT2D eigenvalue weighted by Gasteiger charge is -2.24. The number of hydrogen-bond donors (Lipinski definition) is 1. The number of halogens is 6. The Hall–Kier alpha value is -3.88. The fraction of sp³-hybridized carbons (Fsp3) is 0.273. The summed E-state index contributed by atoms with van der Waals surface area (Å²) in [5.74, 6) is -0.813. The molecule has 0 spiro atoms. The maximum absolute atomic E-state index is 13.1. The minimum atomic E-state index is -4.74. The van der Waals surface area contributed by atoms with E-state index in [1.165, 1.54) is 12.1 Å².